The molecule has 3 nitrogen and oxygen atoms in total. The maximum Gasteiger partial charge on any atom is 0.0721 e. The van der Waals surface area contributed by atoms with E-state index in [9.17, 15) is 15.3 Å². The second-order valence-corrected chi connectivity index (χ2v) is 6.02. The van der Waals surface area contributed by atoms with E-state index in [-0.39, 0.29) is 5.92 Å². The Kier molecular flexibility index (Phi) is 6.55. The molecule has 3 heteroatoms. The van der Waals surface area contributed by atoms with Crippen LogP contribution in [0.3, 0.4) is 0 Å². The minimum atomic E-state index is -0.638. The molecule has 0 aliphatic heterocycles. The highest BCUT2D eigenvalue weighted by atomic mass is 16.3. The zero-order valence-electron chi connectivity index (χ0n) is 12.9. The second-order valence-electron chi connectivity index (χ2n) is 6.02. The molecule has 0 saturated heterocycles. The van der Waals surface area contributed by atoms with E-state index in [1.165, 1.54) is 0 Å². The fraction of sp³-hybridized carbons (Fsp3) is 0.867. The molecule has 0 aromatic heterocycles. The molecular weight excluding hydrogens is 228 g/mol. The Bertz CT molecular complexity index is 292. The lowest BCUT2D eigenvalue weighted by Crippen LogP contribution is -2.44. The highest BCUT2D eigenvalue weighted by molar-refractivity contribution is 5.17. The van der Waals surface area contributed by atoms with Crippen LogP contribution in [-0.4, -0.2) is 33.6 Å². The molecule has 4 atom stereocenters. The zero-order chi connectivity index (χ0) is 14.7. The molecule has 0 aliphatic carbocycles. The van der Waals surface area contributed by atoms with Crippen molar-refractivity contribution in [1.82, 2.24) is 0 Å². The van der Waals surface area contributed by atoms with Gasteiger partial charge in [-0.15, -0.1) is 0 Å². The number of hydrogen-bond acceptors (Lipinski definition) is 3. The van der Waals surface area contributed by atoms with E-state index >= 15 is 0 Å². The third kappa shape index (κ3) is 3.81. The number of rotatable bonds is 6. The average molecular weight is 258 g/mol. The van der Waals surface area contributed by atoms with Crippen LogP contribution in [0, 0.1) is 11.3 Å². The number of aliphatic hydroxyl groups is 3. The summed E-state index contributed by atoms with van der Waals surface area (Å²) in [6.45, 7) is 13.2. The van der Waals surface area contributed by atoms with Crippen LogP contribution in [0.1, 0.15) is 54.9 Å². The van der Waals surface area contributed by atoms with E-state index in [1.54, 1.807) is 6.92 Å². The first-order valence-corrected chi connectivity index (χ1v) is 6.78. The van der Waals surface area contributed by atoms with Crippen LogP contribution < -0.4 is 0 Å². The number of hydrogen-bond donors (Lipinski definition) is 3. The Morgan fingerprint density at radius 3 is 1.78 bits per heavy atom. The van der Waals surface area contributed by atoms with Gasteiger partial charge in [-0.3, -0.25) is 0 Å². The minimum absolute atomic E-state index is 0.0872. The Morgan fingerprint density at radius 1 is 1.00 bits per heavy atom. The van der Waals surface area contributed by atoms with Crippen LogP contribution in [0.4, 0.5) is 0 Å². The summed E-state index contributed by atoms with van der Waals surface area (Å²) in [4.78, 5) is 0. The van der Waals surface area contributed by atoms with E-state index < -0.39 is 23.7 Å². The van der Waals surface area contributed by atoms with Crippen LogP contribution in [-0.2, 0) is 0 Å². The summed E-state index contributed by atoms with van der Waals surface area (Å²) in [5, 5.41) is 30.1. The fourth-order valence-corrected chi connectivity index (χ4v) is 2.29. The van der Waals surface area contributed by atoms with Crippen molar-refractivity contribution in [2.75, 3.05) is 0 Å². The van der Waals surface area contributed by atoms with Crippen molar-refractivity contribution >= 4 is 0 Å². The first kappa shape index (κ1) is 17.6. The molecule has 18 heavy (non-hydrogen) atoms. The topological polar surface area (TPSA) is 60.7 Å². The molecule has 0 heterocycles. The molecule has 0 rings (SSSR count). The minimum Gasteiger partial charge on any atom is -0.392 e. The van der Waals surface area contributed by atoms with Crippen molar-refractivity contribution in [1.29, 1.82) is 0 Å². The maximum atomic E-state index is 10.5. The van der Waals surface area contributed by atoms with E-state index in [1.807, 2.05) is 41.5 Å². The van der Waals surface area contributed by atoms with Gasteiger partial charge < -0.3 is 15.3 Å². The van der Waals surface area contributed by atoms with Crippen LogP contribution >= 0.6 is 0 Å². The van der Waals surface area contributed by atoms with Gasteiger partial charge in [-0.05, 0) is 32.8 Å². The van der Waals surface area contributed by atoms with E-state index in [0.29, 0.717) is 6.42 Å². The van der Waals surface area contributed by atoms with Gasteiger partial charge in [-0.2, -0.15) is 0 Å². The SMILES string of the molecule is CC[C@H](O)C(C)(C)[C@@H](O)[C@@H](C)/C(C)=C(\C)C(C)O. The van der Waals surface area contributed by atoms with Crippen molar-refractivity contribution < 1.29 is 15.3 Å². The molecule has 0 bridgehead atoms. The summed E-state index contributed by atoms with van der Waals surface area (Å²) in [6, 6.07) is 0. The summed E-state index contributed by atoms with van der Waals surface area (Å²) >= 11 is 0. The van der Waals surface area contributed by atoms with Crippen molar-refractivity contribution in [2.24, 2.45) is 11.3 Å². The van der Waals surface area contributed by atoms with Crippen LogP contribution in [0.15, 0.2) is 11.1 Å². The standard InChI is InChI=1S/C15H30O3/c1-8-13(17)15(6,7)14(18)11(4)9(2)10(3)12(5)16/h11-14,16-18H,8H2,1-7H3/b10-9+/t11-,12?,13-,14-/m0/s1. The Hall–Kier alpha value is -0.380. The molecule has 0 fully saturated rings. The quantitative estimate of drug-likeness (QED) is 0.642. The molecule has 0 radical (unpaired) electrons. The van der Waals surface area contributed by atoms with Crippen LogP contribution in [0.5, 0.6) is 0 Å². The first-order chi connectivity index (χ1) is 8.07. The molecule has 108 valence electrons. The molecule has 0 amide bonds. The van der Waals surface area contributed by atoms with Gasteiger partial charge in [0, 0.05) is 11.3 Å². The fourth-order valence-electron chi connectivity index (χ4n) is 2.29. The van der Waals surface area contributed by atoms with Crippen LogP contribution in [0.25, 0.3) is 0 Å². The predicted octanol–water partition coefficient (Wildman–Crippen LogP) is 2.50. The van der Waals surface area contributed by atoms with Gasteiger partial charge in [-0.1, -0.05) is 33.3 Å². The molecular formula is C15H30O3. The first-order valence-electron chi connectivity index (χ1n) is 6.78. The third-order valence-corrected chi connectivity index (χ3v) is 4.41. The molecule has 0 spiro atoms. The van der Waals surface area contributed by atoms with E-state index in [0.717, 1.165) is 11.1 Å². The Morgan fingerprint density at radius 2 is 1.44 bits per heavy atom. The van der Waals surface area contributed by atoms with Gasteiger partial charge in [-0.25, -0.2) is 0 Å². The van der Waals surface area contributed by atoms with Crippen molar-refractivity contribution in [3.63, 3.8) is 0 Å². The summed E-state index contributed by atoms with van der Waals surface area (Å²) in [5.74, 6) is -0.0872. The number of aliphatic hydroxyl groups excluding tert-OH is 3. The third-order valence-electron chi connectivity index (χ3n) is 4.41. The summed E-state index contributed by atoms with van der Waals surface area (Å²) in [6.07, 6.45) is -1.05. The van der Waals surface area contributed by atoms with Gasteiger partial charge in [0.1, 0.15) is 0 Å². The van der Waals surface area contributed by atoms with E-state index in [2.05, 4.69) is 0 Å². The lowest BCUT2D eigenvalue weighted by atomic mass is 9.72. The molecule has 0 aromatic rings. The van der Waals surface area contributed by atoms with Gasteiger partial charge >= 0.3 is 0 Å². The van der Waals surface area contributed by atoms with Crippen molar-refractivity contribution in [3.8, 4) is 0 Å². The molecule has 0 saturated carbocycles. The van der Waals surface area contributed by atoms with Gasteiger partial charge in [0.05, 0.1) is 18.3 Å². The summed E-state index contributed by atoms with van der Waals surface area (Å²) in [7, 11) is 0. The predicted molar refractivity (Wildman–Crippen MR) is 75.3 cm³/mol. The van der Waals surface area contributed by atoms with Gasteiger partial charge in [0.2, 0.25) is 0 Å². The maximum absolute atomic E-state index is 10.5. The highest BCUT2D eigenvalue weighted by Crippen LogP contribution is 2.35. The van der Waals surface area contributed by atoms with Crippen molar-refractivity contribution in [3.05, 3.63) is 11.1 Å². The summed E-state index contributed by atoms with van der Waals surface area (Å²) in [5.41, 5.74) is 1.33. The lowest BCUT2D eigenvalue weighted by Gasteiger charge is -2.39. The largest absolute Gasteiger partial charge is 0.392 e. The molecule has 0 aliphatic rings. The zero-order valence-corrected chi connectivity index (χ0v) is 12.9. The van der Waals surface area contributed by atoms with Gasteiger partial charge in [0.25, 0.3) is 0 Å². The smallest absolute Gasteiger partial charge is 0.0721 e. The molecule has 1 unspecified atom stereocenters. The Balaban J connectivity index is 5.12. The average Bonchev–Trinajstić information content (AvgIpc) is 2.33. The summed E-state index contributed by atoms with van der Waals surface area (Å²) < 4.78 is 0. The van der Waals surface area contributed by atoms with Crippen LogP contribution in [0.2, 0.25) is 0 Å². The highest BCUT2D eigenvalue weighted by Gasteiger charge is 2.38. The normalized spacial score (nSPS) is 21.0. The second kappa shape index (κ2) is 6.69. The van der Waals surface area contributed by atoms with Crippen molar-refractivity contribution in [2.45, 2.75) is 73.2 Å². The monoisotopic (exact) mass is 258 g/mol. The lowest BCUT2D eigenvalue weighted by molar-refractivity contribution is -0.0656. The molecule has 0 aromatic carbocycles. The molecule has 3 N–H and O–H groups in total. The Labute approximate surface area is 112 Å². The van der Waals surface area contributed by atoms with E-state index in [4.69, 9.17) is 0 Å². The van der Waals surface area contributed by atoms with Gasteiger partial charge in [0.15, 0.2) is 0 Å².